The van der Waals surface area contributed by atoms with Crippen LogP contribution in [0.4, 0.5) is 18.0 Å². The van der Waals surface area contributed by atoms with Crippen molar-refractivity contribution in [2.45, 2.75) is 17.9 Å². The molecule has 2 heterocycles. The molecule has 1 saturated heterocycles. The molecule has 0 bridgehead atoms. The van der Waals surface area contributed by atoms with Crippen LogP contribution >= 0.6 is 27.5 Å². The van der Waals surface area contributed by atoms with Crippen LogP contribution in [0.5, 0.6) is 0 Å². The van der Waals surface area contributed by atoms with Crippen LogP contribution in [0, 0.1) is 5.92 Å². The zero-order valence-corrected chi connectivity index (χ0v) is 18.8. The van der Waals surface area contributed by atoms with Crippen molar-refractivity contribution in [3.8, 4) is 11.3 Å². The van der Waals surface area contributed by atoms with Gasteiger partial charge in [-0.25, -0.2) is 4.79 Å². The molecule has 2 aromatic carbocycles. The second-order valence-corrected chi connectivity index (χ2v) is 8.75. The van der Waals surface area contributed by atoms with Gasteiger partial charge in [0, 0.05) is 20.6 Å². The molecule has 3 N–H and O–H groups in total. The van der Waals surface area contributed by atoms with E-state index in [-0.39, 0.29) is 17.1 Å². The summed E-state index contributed by atoms with van der Waals surface area (Å²) in [7, 11) is 0. The van der Waals surface area contributed by atoms with Gasteiger partial charge in [0.15, 0.2) is 5.78 Å². The van der Waals surface area contributed by atoms with Gasteiger partial charge in [-0.05, 0) is 36.4 Å². The van der Waals surface area contributed by atoms with Crippen molar-refractivity contribution in [2.75, 3.05) is 0 Å². The number of carbonyl (C=O) groups excluding carboxylic acids is 2. The molecule has 1 aliphatic heterocycles. The van der Waals surface area contributed by atoms with Crippen molar-refractivity contribution in [3.05, 3.63) is 81.5 Å². The normalized spacial score (nSPS) is 23.0. The van der Waals surface area contributed by atoms with Crippen LogP contribution in [0.2, 0.25) is 5.02 Å². The number of alkyl halides is 3. The van der Waals surface area contributed by atoms with E-state index in [0.717, 1.165) is 0 Å². The van der Waals surface area contributed by atoms with Gasteiger partial charge in [-0.3, -0.25) is 4.79 Å². The van der Waals surface area contributed by atoms with Crippen molar-refractivity contribution in [1.29, 1.82) is 0 Å². The van der Waals surface area contributed by atoms with Gasteiger partial charge in [0.1, 0.15) is 23.5 Å². The second kappa shape index (κ2) is 8.51. The van der Waals surface area contributed by atoms with Gasteiger partial charge in [0.25, 0.3) is 0 Å². The first kappa shape index (κ1) is 23.3. The molecular formula is C22H15BrClF3N2O4. The third-order valence-corrected chi connectivity index (χ3v) is 6.02. The van der Waals surface area contributed by atoms with Crippen molar-refractivity contribution < 1.29 is 32.3 Å². The van der Waals surface area contributed by atoms with Gasteiger partial charge >= 0.3 is 12.2 Å². The fourth-order valence-electron chi connectivity index (χ4n) is 3.69. The minimum atomic E-state index is -5.36. The zero-order valence-electron chi connectivity index (χ0n) is 16.5. The maximum Gasteiger partial charge on any atom is 0.437 e. The van der Waals surface area contributed by atoms with Crippen molar-refractivity contribution in [2.24, 2.45) is 5.92 Å². The minimum Gasteiger partial charge on any atom is -0.459 e. The van der Waals surface area contributed by atoms with E-state index >= 15 is 0 Å². The Balaban J connectivity index is 1.81. The lowest BCUT2D eigenvalue weighted by Crippen LogP contribution is -2.72. The summed E-state index contributed by atoms with van der Waals surface area (Å²) in [5.74, 6) is -3.11. The first-order valence-corrected chi connectivity index (χ1v) is 10.7. The lowest BCUT2D eigenvalue weighted by atomic mass is 9.79. The number of Topliss-reactive ketones (excluding diaryl/α,β-unsaturated/α-hetero) is 1. The predicted octanol–water partition coefficient (Wildman–Crippen LogP) is 5.47. The Morgan fingerprint density at radius 1 is 1.12 bits per heavy atom. The number of nitrogens with one attached hydrogen (secondary N) is 2. The Kier molecular flexibility index (Phi) is 6.02. The van der Waals surface area contributed by atoms with Crippen LogP contribution in [0.3, 0.4) is 0 Å². The third kappa shape index (κ3) is 4.38. The van der Waals surface area contributed by atoms with Crippen LogP contribution in [0.15, 0.2) is 69.6 Å². The summed E-state index contributed by atoms with van der Waals surface area (Å²) in [6.45, 7) is 0. The SMILES string of the molecule is O=C1N[C@H](c2ccc(-c3cccc(Cl)c3)o2)[C@H](C(=O)c2ccc(Br)cc2)[C@@](O)(C(F)(F)F)N1. The van der Waals surface area contributed by atoms with E-state index in [4.69, 9.17) is 16.0 Å². The molecule has 11 heteroatoms. The lowest BCUT2D eigenvalue weighted by Gasteiger charge is -2.44. The number of rotatable bonds is 4. The number of halogens is 5. The molecule has 3 aromatic rings. The molecule has 2 amide bonds. The number of ketones is 1. The van der Waals surface area contributed by atoms with Gasteiger partial charge in [-0.15, -0.1) is 0 Å². The second-order valence-electron chi connectivity index (χ2n) is 7.40. The maximum atomic E-state index is 14.0. The molecule has 0 aliphatic carbocycles. The van der Waals surface area contributed by atoms with Gasteiger partial charge in [0.2, 0.25) is 5.72 Å². The average Bonchev–Trinajstić information content (AvgIpc) is 3.23. The van der Waals surface area contributed by atoms with E-state index < -0.39 is 35.7 Å². The van der Waals surface area contributed by atoms with Crippen LogP contribution in [0.1, 0.15) is 22.2 Å². The summed E-state index contributed by atoms with van der Waals surface area (Å²) in [4.78, 5) is 25.4. The van der Waals surface area contributed by atoms with Crippen LogP contribution < -0.4 is 10.6 Å². The van der Waals surface area contributed by atoms with E-state index in [0.29, 0.717) is 15.1 Å². The highest BCUT2D eigenvalue weighted by molar-refractivity contribution is 9.10. The summed E-state index contributed by atoms with van der Waals surface area (Å²) in [6, 6.07) is 12.0. The van der Waals surface area contributed by atoms with Crippen molar-refractivity contribution >= 4 is 39.3 Å². The van der Waals surface area contributed by atoms with Gasteiger partial charge < -0.3 is 20.2 Å². The van der Waals surface area contributed by atoms with Crippen LogP contribution in [-0.4, -0.2) is 28.8 Å². The Labute approximate surface area is 198 Å². The van der Waals surface area contributed by atoms with Crippen LogP contribution in [-0.2, 0) is 0 Å². The first-order chi connectivity index (χ1) is 15.5. The molecule has 3 atom stereocenters. The molecule has 0 unspecified atom stereocenters. The summed E-state index contributed by atoms with van der Waals surface area (Å²) in [5, 5.41) is 14.8. The Hall–Kier alpha value is -2.82. The fraction of sp³-hybridized carbons (Fsp3) is 0.182. The monoisotopic (exact) mass is 542 g/mol. The summed E-state index contributed by atoms with van der Waals surface area (Å²) >= 11 is 9.18. The topological polar surface area (TPSA) is 91.6 Å². The summed E-state index contributed by atoms with van der Waals surface area (Å²) in [6.07, 6.45) is -5.36. The smallest absolute Gasteiger partial charge is 0.437 e. The third-order valence-electron chi connectivity index (χ3n) is 5.26. The van der Waals surface area contributed by atoms with Gasteiger partial charge in [0.05, 0.1) is 0 Å². The van der Waals surface area contributed by atoms with E-state index in [9.17, 15) is 27.9 Å². The molecule has 0 radical (unpaired) electrons. The number of carbonyl (C=O) groups is 2. The van der Waals surface area contributed by atoms with Crippen LogP contribution in [0.25, 0.3) is 11.3 Å². The number of urea groups is 1. The number of hydrogen-bond acceptors (Lipinski definition) is 4. The highest BCUT2D eigenvalue weighted by Gasteiger charge is 2.66. The molecule has 33 heavy (non-hydrogen) atoms. The standard InChI is InChI=1S/C22H15BrClF3N2O4/c23-13-6-4-11(5-7-13)19(30)17-18(28-20(31)29-21(17,32)22(25,26)27)16-9-8-15(33-16)12-2-1-3-14(24)10-12/h1-10,17-18,32H,(H2,28,29,31)/t17-,18-,21-/m1/s1. The number of amides is 2. The number of benzene rings is 2. The zero-order chi connectivity index (χ0) is 24.0. The molecule has 1 fully saturated rings. The Bertz CT molecular complexity index is 1210. The van der Waals surface area contributed by atoms with Gasteiger partial charge in [-0.2, -0.15) is 13.2 Å². The van der Waals surface area contributed by atoms with E-state index in [2.05, 4.69) is 21.2 Å². The average molecular weight is 544 g/mol. The fourth-order valence-corrected chi connectivity index (χ4v) is 4.14. The molecule has 172 valence electrons. The molecule has 6 nitrogen and oxygen atoms in total. The minimum absolute atomic E-state index is 0.0876. The number of aliphatic hydroxyl groups is 1. The molecule has 4 rings (SSSR count). The largest absolute Gasteiger partial charge is 0.459 e. The molecule has 1 aromatic heterocycles. The quantitative estimate of drug-likeness (QED) is 0.381. The Morgan fingerprint density at radius 2 is 1.82 bits per heavy atom. The van der Waals surface area contributed by atoms with Crippen molar-refractivity contribution in [1.82, 2.24) is 10.6 Å². The summed E-state index contributed by atoms with van der Waals surface area (Å²) < 4.78 is 48.3. The lowest BCUT2D eigenvalue weighted by molar-refractivity contribution is -0.288. The molecule has 1 aliphatic rings. The van der Waals surface area contributed by atoms with E-state index in [1.54, 1.807) is 24.3 Å². The van der Waals surface area contributed by atoms with E-state index in [1.165, 1.54) is 41.7 Å². The first-order valence-electron chi connectivity index (χ1n) is 9.53. The predicted molar refractivity (Wildman–Crippen MR) is 117 cm³/mol. The number of furan rings is 1. The molecule has 0 saturated carbocycles. The highest BCUT2D eigenvalue weighted by Crippen LogP contribution is 2.44. The molecule has 0 spiro atoms. The highest BCUT2D eigenvalue weighted by atomic mass is 79.9. The molecular weight excluding hydrogens is 529 g/mol. The van der Waals surface area contributed by atoms with Crippen molar-refractivity contribution in [3.63, 3.8) is 0 Å². The van der Waals surface area contributed by atoms with E-state index in [1.807, 2.05) is 0 Å². The number of hydrogen-bond donors (Lipinski definition) is 3. The maximum absolute atomic E-state index is 14.0. The summed E-state index contributed by atoms with van der Waals surface area (Å²) in [5.41, 5.74) is -3.39. The Morgan fingerprint density at radius 3 is 2.45 bits per heavy atom. The van der Waals surface area contributed by atoms with Gasteiger partial charge in [-0.1, -0.05) is 51.8 Å².